The molecule has 0 bridgehead atoms. The molecule has 0 saturated heterocycles. The smallest absolute Gasteiger partial charge is 0.255 e. The summed E-state index contributed by atoms with van der Waals surface area (Å²) in [5.74, 6) is -0.166. The van der Waals surface area contributed by atoms with E-state index >= 15 is 0 Å². The van der Waals surface area contributed by atoms with Gasteiger partial charge in [-0.05, 0) is 13.0 Å². The second kappa shape index (κ2) is 5.93. The topological polar surface area (TPSA) is 59.2 Å². The van der Waals surface area contributed by atoms with Gasteiger partial charge in [-0.15, -0.1) is 0 Å². The SMILES string of the molecule is CC(CC(N)=S)N(C)C(=O)c1ccncc1Cl. The van der Waals surface area contributed by atoms with E-state index in [2.05, 4.69) is 4.98 Å². The molecule has 6 heteroatoms. The van der Waals surface area contributed by atoms with E-state index in [1.807, 2.05) is 6.92 Å². The normalized spacial score (nSPS) is 11.9. The molecule has 92 valence electrons. The Kier molecular flexibility index (Phi) is 4.84. The standard InChI is InChI=1S/C11H14ClN3OS/c1-7(5-10(13)17)15(2)11(16)8-3-4-14-6-9(8)12/h3-4,6-7H,5H2,1-2H3,(H2,13,17). The van der Waals surface area contributed by atoms with Crippen molar-refractivity contribution in [2.45, 2.75) is 19.4 Å². The van der Waals surface area contributed by atoms with Crippen LogP contribution in [-0.4, -0.2) is 33.9 Å². The van der Waals surface area contributed by atoms with Gasteiger partial charge < -0.3 is 10.6 Å². The first-order valence-corrected chi connectivity index (χ1v) is 5.87. The van der Waals surface area contributed by atoms with E-state index in [1.165, 1.54) is 12.4 Å². The third-order valence-electron chi connectivity index (χ3n) is 2.48. The molecule has 0 aliphatic rings. The van der Waals surface area contributed by atoms with Crippen molar-refractivity contribution < 1.29 is 4.79 Å². The molecular weight excluding hydrogens is 258 g/mol. The quantitative estimate of drug-likeness (QED) is 0.850. The zero-order chi connectivity index (χ0) is 13.0. The van der Waals surface area contributed by atoms with Crippen LogP contribution in [0.4, 0.5) is 0 Å². The molecule has 1 heterocycles. The summed E-state index contributed by atoms with van der Waals surface area (Å²) in [5.41, 5.74) is 5.89. The maximum Gasteiger partial charge on any atom is 0.255 e. The number of nitrogens with two attached hydrogens (primary N) is 1. The van der Waals surface area contributed by atoms with Gasteiger partial charge >= 0.3 is 0 Å². The number of thiocarbonyl (C=S) groups is 1. The number of hydrogen-bond donors (Lipinski definition) is 1. The maximum absolute atomic E-state index is 12.1. The van der Waals surface area contributed by atoms with Crippen molar-refractivity contribution in [2.24, 2.45) is 5.73 Å². The van der Waals surface area contributed by atoms with Gasteiger partial charge in [-0.2, -0.15) is 0 Å². The zero-order valence-electron chi connectivity index (χ0n) is 9.68. The molecule has 0 radical (unpaired) electrons. The highest BCUT2D eigenvalue weighted by atomic mass is 35.5. The summed E-state index contributed by atoms with van der Waals surface area (Å²) in [6, 6.07) is 1.53. The van der Waals surface area contributed by atoms with Gasteiger partial charge in [0, 0.05) is 31.9 Å². The summed E-state index contributed by atoms with van der Waals surface area (Å²) in [6.45, 7) is 1.88. The van der Waals surface area contributed by atoms with Gasteiger partial charge in [-0.25, -0.2) is 0 Å². The van der Waals surface area contributed by atoms with Crippen LogP contribution in [0.1, 0.15) is 23.7 Å². The molecule has 2 N–H and O–H groups in total. The zero-order valence-corrected chi connectivity index (χ0v) is 11.3. The molecule has 1 aromatic heterocycles. The van der Waals surface area contributed by atoms with Gasteiger partial charge in [-0.1, -0.05) is 23.8 Å². The van der Waals surface area contributed by atoms with Crippen molar-refractivity contribution in [3.63, 3.8) is 0 Å². The Bertz CT molecular complexity index is 438. The van der Waals surface area contributed by atoms with Crippen LogP contribution in [0.15, 0.2) is 18.5 Å². The van der Waals surface area contributed by atoms with Crippen LogP contribution in [0.2, 0.25) is 5.02 Å². The fourth-order valence-corrected chi connectivity index (χ4v) is 1.81. The van der Waals surface area contributed by atoms with Gasteiger partial charge in [-0.3, -0.25) is 9.78 Å². The summed E-state index contributed by atoms with van der Waals surface area (Å²) in [4.78, 5) is 17.9. The Morgan fingerprint density at radius 2 is 2.35 bits per heavy atom. The van der Waals surface area contributed by atoms with E-state index in [-0.39, 0.29) is 11.9 Å². The lowest BCUT2D eigenvalue weighted by Gasteiger charge is -2.24. The number of halogens is 1. The lowest BCUT2D eigenvalue weighted by atomic mass is 10.1. The fraction of sp³-hybridized carbons (Fsp3) is 0.364. The molecule has 1 atom stereocenters. The lowest BCUT2D eigenvalue weighted by Crippen LogP contribution is -2.37. The minimum atomic E-state index is -0.166. The Labute approximate surface area is 111 Å². The molecule has 0 saturated carbocycles. The van der Waals surface area contributed by atoms with Gasteiger partial charge in [0.2, 0.25) is 0 Å². The van der Waals surface area contributed by atoms with Crippen molar-refractivity contribution in [1.29, 1.82) is 0 Å². The Morgan fingerprint density at radius 3 is 2.88 bits per heavy atom. The Hall–Kier alpha value is -1.20. The largest absolute Gasteiger partial charge is 0.393 e. The van der Waals surface area contributed by atoms with Crippen LogP contribution in [0.5, 0.6) is 0 Å². The van der Waals surface area contributed by atoms with Crippen molar-refractivity contribution in [1.82, 2.24) is 9.88 Å². The van der Waals surface area contributed by atoms with Crippen LogP contribution in [0, 0.1) is 0 Å². The van der Waals surface area contributed by atoms with E-state index in [9.17, 15) is 4.79 Å². The van der Waals surface area contributed by atoms with E-state index < -0.39 is 0 Å². The number of hydrogen-bond acceptors (Lipinski definition) is 3. The predicted octanol–water partition coefficient (Wildman–Crippen LogP) is 1.87. The highest BCUT2D eigenvalue weighted by Gasteiger charge is 2.19. The predicted molar refractivity (Wildman–Crippen MR) is 72.2 cm³/mol. The van der Waals surface area contributed by atoms with E-state index in [1.54, 1.807) is 18.0 Å². The Morgan fingerprint density at radius 1 is 1.71 bits per heavy atom. The van der Waals surface area contributed by atoms with Crippen molar-refractivity contribution in [3.8, 4) is 0 Å². The van der Waals surface area contributed by atoms with Crippen LogP contribution >= 0.6 is 23.8 Å². The van der Waals surface area contributed by atoms with Gasteiger partial charge in [0.25, 0.3) is 5.91 Å². The first-order valence-electron chi connectivity index (χ1n) is 5.08. The molecule has 0 spiro atoms. The number of carbonyl (C=O) groups excluding carboxylic acids is 1. The highest BCUT2D eigenvalue weighted by Crippen LogP contribution is 2.16. The molecular formula is C11H14ClN3OS. The number of rotatable bonds is 4. The van der Waals surface area contributed by atoms with Crippen molar-refractivity contribution in [2.75, 3.05) is 7.05 Å². The highest BCUT2D eigenvalue weighted by molar-refractivity contribution is 7.80. The third kappa shape index (κ3) is 3.64. The lowest BCUT2D eigenvalue weighted by molar-refractivity contribution is 0.0748. The summed E-state index contributed by atoms with van der Waals surface area (Å²) >= 11 is 10.7. The third-order valence-corrected chi connectivity index (χ3v) is 2.95. The molecule has 0 aliphatic heterocycles. The molecule has 0 aliphatic carbocycles. The van der Waals surface area contributed by atoms with E-state index in [0.29, 0.717) is 22.0 Å². The van der Waals surface area contributed by atoms with Crippen molar-refractivity contribution >= 4 is 34.7 Å². The summed E-state index contributed by atoms with van der Waals surface area (Å²) in [6.07, 6.45) is 3.46. The van der Waals surface area contributed by atoms with Crippen LogP contribution in [0.25, 0.3) is 0 Å². The maximum atomic E-state index is 12.1. The van der Waals surface area contributed by atoms with Gasteiger partial charge in [0.15, 0.2) is 0 Å². The molecule has 0 aromatic carbocycles. The van der Waals surface area contributed by atoms with Crippen molar-refractivity contribution in [3.05, 3.63) is 29.0 Å². The van der Waals surface area contributed by atoms with Gasteiger partial charge in [0.05, 0.1) is 15.6 Å². The number of aromatic nitrogens is 1. The van der Waals surface area contributed by atoms with Gasteiger partial charge in [0.1, 0.15) is 0 Å². The fourth-order valence-electron chi connectivity index (χ4n) is 1.37. The second-order valence-electron chi connectivity index (χ2n) is 3.79. The first kappa shape index (κ1) is 13.9. The monoisotopic (exact) mass is 271 g/mol. The number of amides is 1. The molecule has 1 rings (SSSR count). The average Bonchev–Trinajstić information content (AvgIpc) is 2.27. The first-order chi connectivity index (χ1) is 7.93. The van der Waals surface area contributed by atoms with E-state index in [4.69, 9.17) is 29.6 Å². The molecule has 1 amide bonds. The summed E-state index contributed by atoms with van der Waals surface area (Å²) in [7, 11) is 1.70. The molecule has 17 heavy (non-hydrogen) atoms. The van der Waals surface area contributed by atoms with E-state index in [0.717, 1.165) is 0 Å². The summed E-state index contributed by atoms with van der Waals surface area (Å²) in [5, 5.41) is 0.340. The number of pyridine rings is 1. The summed E-state index contributed by atoms with van der Waals surface area (Å²) < 4.78 is 0. The molecule has 1 unspecified atom stereocenters. The molecule has 1 aromatic rings. The number of nitrogens with zero attached hydrogens (tertiary/aromatic N) is 2. The molecule has 0 fully saturated rings. The minimum Gasteiger partial charge on any atom is -0.393 e. The number of carbonyl (C=O) groups is 1. The minimum absolute atomic E-state index is 0.0655. The van der Waals surface area contributed by atoms with Crippen LogP contribution in [0.3, 0.4) is 0 Å². The Balaban J connectivity index is 2.83. The second-order valence-corrected chi connectivity index (χ2v) is 4.72. The molecule has 4 nitrogen and oxygen atoms in total. The van der Waals surface area contributed by atoms with Crippen LogP contribution < -0.4 is 5.73 Å². The average molecular weight is 272 g/mol. The van der Waals surface area contributed by atoms with Crippen LogP contribution in [-0.2, 0) is 0 Å².